The smallest absolute Gasteiger partial charge is 0.233 e. The lowest BCUT2D eigenvalue weighted by atomic mass is 10.3. The summed E-state index contributed by atoms with van der Waals surface area (Å²) in [6.45, 7) is 5.22. The first-order valence-corrected chi connectivity index (χ1v) is 5.93. The quantitative estimate of drug-likeness (QED) is 0.847. The fourth-order valence-corrected chi connectivity index (χ4v) is 1.39. The minimum atomic E-state index is 0.364. The van der Waals surface area contributed by atoms with E-state index in [0.717, 1.165) is 11.5 Å². The van der Waals surface area contributed by atoms with Crippen LogP contribution in [-0.2, 0) is 13.2 Å². The predicted molar refractivity (Wildman–Crippen MR) is 67.0 cm³/mol. The number of furan rings is 1. The molecule has 2 rings (SSSR count). The van der Waals surface area contributed by atoms with E-state index in [2.05, 4.69) is 29.1 Å². The molecule has 5 heteroatoms. The van der Waals surface area contributed by atoms with Gasteiger partial charge in [0.1, 0.15) is 12.4 Å². The molecule has 0 radical (unpaired) electrons. The molecule has 0 aliphatic rings. The molecule has 0 saturated heterocycles. The van der Waals surface area contributed by atoms with E-state index in [1.165, 1.54) is 0 Å². The number of aromatic nitrogens is 2. The number of hydrogen-bond acceptors (Lipinski definition) is 5. The molecule has 0 aliphatic carbocycles. The molecule has 2 aromatic heterocycles. The third kappa shape index (κ3) is 3.85. The molecule has 0 fully saturated rings. The number of nitrogens with zero attached hydrogens (tertiary/aromatic N) is 2. The number of rotatable bonds is 6. The first-order valence-electron chi connectivity index (χ1n) is 5.93. The van der Waals surface area contributed by atoms with Crippen LogP contribution in [0.3, 0.4) is 0 Å². The van der Waals surface area contributed by atoms with Crippen LogP contribution in [0.2, 0.25) is 0 Å². The molecule has 2 heterocycles. The van der Waals surface area contributed by atoms with Gasteiger partial charge in [-0.3, -0.25) is 4.98 Å². The maximum absolute atomic E-state index is 5.50. The van der Waals surface area contributed by atoms with Gasteiger partial charge in [-0.1, -0.05) is 13.8 Å². The standard InChI is InChI=1S/C13H17N3O2/c1-10(2)15-7-11-6-14-8-13(16-11)18-9-12-4-3-5-17-12/h3-6,8,10,15H,7,9H2,1-2H3. The topological polar surface area (TPSA) is 60.2 Å². The van der Waals surface area contributed by atoms with Crippen molar-refractivity contribution in [2.75, 3.05) is 0 Å². The highest BCUT2D eigenvalue weighted by Gasteiger charge is 2.02. The molecule has 96 valence electrons. The van der Waals surface area contributed by atoms with Crippen molar-refractivity contribution in [1.29, 1.82) is 0 Å². The Kier molecular flexibility index (Phi) is 4.30. The second-order valence-electron chi connectivity index (χ2n) is 4.25. The summed E-state index contributed by atoms with van der Waals surface area (Å²) in [6.07, 6.45) is 4.95. The van der Waals surface area contributed by atoms with Crippen LogP contribution in [-0.4, -0.2) is 16.0 Å². The lowest BCUT2D eigenvalue weighted by molar-refractivity contribution is 0.258. The third-order valence-electron chi connectivity index (χ3n) is 2.30. The monoisotopic (exact) mass is 247 g/mol. The SMILES string of the molecule is CC(C)NCc1cncc(OCc2ccco2)n1. The van der Waals surface area contributed by atoms with Gasteiger partial charge in [-0.15, -0.1) is 0 Å². The fourth-order valence-electron chi connectivity index (χ4n) is 1.39. The van der Waals surface area contributed by atoms with Crippen LogP contribution in [0.1, 0.15) is 25.3 Å². The van der Waals surface area contributed by atoms with Gasteiger partial charge in [-0.05, 0) is 12.1 Å². The van der Waals surface area contributed by atoms with Crippen LogP contribution in [0.15, 0.2) is 35.2 Å². The zero-order chi connectivity index (χ0) is 12.8. The van der Waals surface area contributed by atoms with Crippen LogP contribution < -0.4 is 10.1 Å². The molecule has 5 nitrogen and oxygen atoms in total. The zero-order valence-corrected chi connectivity index (χ0v) is 10.6. The van der Waals surface area contributed by atoms with Crippen molar-refractivity contribution in [3.8, 4) is 5.88 Å². The van der Waals surface area contributed by atoms with Crippen LogP contribution in [0.5, 0.6) is 5.88 Å². The van der Waals surface area contributed by atoms with Crippen LogP contribution in [0.4, 0.5) is 0 Å². The Morgan fingerprint density at radius 1 is 1.39 bits per heavy atom. The van der Waals surface area contributed by atoms with Crippen molar-refractivity contribution < 1.29 is 9.15 Å². The van der Waals surface area contributed by atoms with E-state index in [9.17, 15) is 0 Å². The van der Waals surface area contributed by atoms with Gasteiger partial charge in [-0.25, -0.2) is 4.98 Å². The largest absolute Gasteiger partial charge is 0.468 e. The number of nitrogens with one attached hydrogen (secondary N) is 1. The normalized spacial score (nSPS) is 10.8. The summed E-state index contributed by atoms with van der Waals surface area (Å²) in [7, 11) is 0. The van der Waals surface area contributed by atoms with Gasteiger partial charge in [0, 0.05) is 18.8 Å². The van der Waals surface area contributed by atoms with E-state index in [4.69, 9.17) is 9.15 Å². The third-order valence-corrected chi connectivity index (χ3v) is 2.30. The molecule has 0 atom stereocenters. The van der Waals surface area contributed by atoms with Gasteiger partial charge in [0.05, 0.1) is 18.2 Å². The Labute approximate surface area is 106 Å². The van der Waals surface area contributed by atoms with Gasteiger partial charge < -0.3 is 14.5 Å². The summed E-state index contributed by atoms with van der Waals surface area (Å²) in [5, 5.41) is 3.28. The highest BCUT2D eigenvalue weighted by Crippen LogP contribution is 2.09. The molecular formula is C13H17N3O2. The lowest BCUT2D eigenvalue weighted by Crippen LogP contribution is -2.22. The minimum Gasteiger partial charge on any atom is -0.468 e. The van der Waals surface area contributed by atoms with Crippen molar-refractivity contribution in [2.45, 2.75) is 33.0 Å². The molecule has 0 saturated carbocycles. The van der Waals surface area contributed by atoms with Crippen molar-refractivity contribution in [1.82, 2.24) is 15.3 Å². The molecule has 0 bridgehead atoms. The zero-order valence-electron chi connectivity index (χ0n) is 10.6. The van der Waals surface area contributed by atoms with E-state index in [-0.39, 0.29) is 0 Å². The summed E-state index contributed by atoms with van der Waals surface area (Å²) in [5.74, 6) is 1.27. The van der Waals surface area contributed by atoms with Crippen LogP contribution in [0.25, 0.3) is 0 Å². The molecule has 0 amide bonds. The fraction of sp³-hybridized carbons (Fsp3) is 0.385. The predicted octanol–water partition coefficient (Wildman–Crippen LogP) is 2.15. The van der Waals surface area contributed by atoms with E-state index < -0.39 is 0 Å². The highest BCUT2D eigenvalue weighted by molar-refractivity contribution is 5.09. The van der Waals surface area contributed by atoms with Crippen molar-refractivity contribution in [3.05, 3.63) is 42.2 Å². The summed E-state index contributed by atoms with van der Waals surface area (Å²) in [6, 6.07) is 4.10. The molecule has 0 spiro atoms. The number of hydrogen-bond donors (Lipinski definition) is 1. The lowest BCUT2D eigenvalue weighted by Gasteiger charge is -2.08. The van der Waals surface area contributed by atoms with E-state index in [1.807, 2.05) is 12.1 Å². The van der Waals surface area contributed by atoms with E-state index in [0.29, 0.717) is 25.1 Å². The maximum Gasteiger partial charge on any atom is 0.233 e. The Morgan fingerprint density at radius 3 is 3.00 bits per heavy atom. The molecule has 0 aromatic carbocycles. The van der Waals surface area contributed by atoms with E-state index in [1.54, 1.807) is 18.7 Å². The van der Waals surface area contributed by atoms with Gasteiger partial charge in [0.15, 0.2) is 0 Å². The Hall–Kier alpha value is -1.88. The molecule has 0 unspecified atom stereocenters. The minimum absolute atomic E-state index is 0.364. The second-order valence-corrected chi connectivity index (χ2v) is 4.25. The molecule has 0 aliphatic heterocycles. The molecular weight excluding hydrogens is 230 g/mol. The van der Waals surface area contributed by atoms with Crippen molar-refractivity contribution >= 4 is 0 Å². The highest BCUT2D eigenvalue weighted by atomic mass is 16.5. The Bertz CT molecular complexity index is 469. The van der Waals surface area contributed by atoms with Crippen LogP contribution in [0, 0.1) is 0 Å². The van der Waals surface area contributed by atoms with Gasteiger partial charge in [0.25, 0.3) is 0 Å². The molecule has 2 aromatic rings. The summed E-state index contributed by atoms with van der Waals surface area (Å²) < 4.78 is 10.7. The molecule has 1 N–H and O–H groups in total. The summed E-state index contributed by atoms with van der Waals surface area (Å²) in [4.78, 5) is 8.46. The Morgan fingerprint density at radius 2 is 2.28 bits per heavy atom. The van der Waals surface area contributed by atoms with Crippen molar-refractivity contribution in [3.63, 3.8) is 0 Å². The summed E-state index contributed by atoms with van der Waals surface area (Å²) >= 11 is 0. The maximum atomic E-state index is 5.50. The second kappa shape index (κ2) is 6.16. The average Bonchev–Trinajstić information content (AvgIpc) is 2.87. The van der Waals surface area contributed by atoms with Gasteiger partial charge in [0.2, 0.25) is 5.88 Å². The van der Waals surface area contributed by atoms with Gasteiger partial charge >= 0.3 is 0 Å². The molecule has 18 heavy (non-hydrogen) atoms. The number of ether oxygens (including phenoxy) is 1. The van der Waals surface area contributed by atoms with Crippen molar-refractivity contribution in [2.24, 2.45) is 0 Å². The first-order chi connectivity index (χ1) is 8.74. The van der Waals surface area contributed by atoms with E-state index >= 15 is 0 Å². The Balaban J connectivity index is 1.90. The van der Waals surface area contributed by atoms with Gasteiger partial charge in [-0.2, -0.15) is 0 Å². The average molecular weight is 247 g/mol. The summed E-state index contributed by atoms with van der Waals surface area (Å²) in [5.41, 5.74) is 0.862. The van der Waals surface area contributed by atoms with Crippen LogP contribution >= 0.6 is 0 Å². The first kappa shape index (κ1) is 12.6.